The summed E-state index contributed by atoms with van der Waals surface area (Å²) < 4.78 is 0. The summed E-state index contributed by atoms with van der Waals surface area (Å²) in [6.07, 6.45) is 5.77. The van der Waals surface area contributed by atoms with Gasteiger partial charge in [-0.2, -0.15) is 0 Å². The first-order valence-corrected chi connectivity index (χ1v) is 4.27. The molecule has 0 aromatic carbocycles. The van der Waals surface area contributed by atoms with Crippen LogP contribution in [0.25, 0.3) is 0 Å². The van der Waals surface area contributed by atoms with Gasteiger partial charge in [-0.3, -0.25) is 4.98 Å². The molecule has 0 amide bonds. The Hall–Kier alpha value is -1.09. The zero-order valence-corrected chi connectivity index (χ0v) is 7.16. The van der Waals surface area contributed by atoms with Crippen LogP contribution < -0.4 is 11.1 Å². The molecular weight excluding hydrogens is 150 g/mol. The average molecular weight is 165 g/mol. The van der Waals surface area contributed by atoms with Gasteiger partial charge in [-0.05, 0) is 31.5 Å². The molecule has 3 nitrogen and oxygen atoms in total. The fourth-order valence-electron chi connectivity index (χ4n) is 0.972. The van der Waals surface area contributed by atoms with Gasteiger partial charge < -0.3 is 11.1 Å². The molecule has 1 heterocycles. The highest BCUT2D eigenvalue weighted by atomic mass is 14.9. The minimum atomic E-state index is 0.776. The topological polar surface area (TPSA) is 50.9 Å². The van der Waals surface area contributed by atoms with Crippen molar-refractivity contribution in [3.63, 3.8) is 0 Å². The second kappa shape index (κ2) is 5.55. The number of aromatic nitrogens is 1. The van der Waals surface area contributed by atoms with Gasteiger partial charge in [0.05, 0.1) is 0 Å². The van der Waals surface area contributed by atoms with Gasteiger partial charge in [0.1, 0.15) is 0 Å². The van der Waals surface area contributed by atoms with Crippen molar-refractivity contribution >= 4 is 5.69 Å². The molecule has 3 N–H and O–H groups in total. The molecule has 0 aliphatic heterocycles. The molecule has 12 heavy (non-hydrogen) atoms. The van der Waals surface area contributed by atoms with Gasteiger partial charge in [0, 0.05) is 24.6 Å². The monoisotopic (exact) mass is 165 g/mol. The van der Waals surface area contributed by atoms with E-state index < -0.39 is 0 Å². The predicted molar refractivity (Wildman–Crippen MR) is 51.0 cm³/mol. The van der Waals surface area contributed by atoms with Crippen molar-refractivity contribution in [2.45, 2.75) is 12.8 Å². The molecule has 66 valence electrons. The Morgan fingerprint density at radius 1 is 1.25 bits per heavy atom. The van der Waals surface area contributed by atoms with Crippen LogP contribution in [0.2, 0.25) is 0 Å². The van der Waals surface area contributed by atoms with E-state index in [0.717, 1.165) is 31.6 Å². The number of unbranched alkanes of at least 4 members (excludes halogenated alkanes) is 1. The van der Waals surface area contributed by atoms with Gasteiger partial charge in [-0.25, -0.2) is 0 Å². The molecule has 3 heteroatoms. The number of nitrogens with one attached hydrogen (secondary N) is 1. The molecule has 0 saturated carbocycles. The van der Waals surface area contributed by atoms with E-state index in [4.69, 9.17) is 5.73 Å². The highest BCUT2D eigenvalue weighted by Gasteiger charge is 1.88. The summed E-state index contributed by atoms with van der Waals surface area (Å²) in [5, 5.41) is 3.28. The van der Waals surface area contributed by atoms with Crippen molar-refractivity contribution < 1.29 is 0 Å². The number of hydrogen-bond donors (Lipinski definition) is 2. The Morgan fingerprint density at radius 2 is 2.00 bits per heavy atom. The van der Waals surface area contributed by atoms with Crippen molar-refractivity contribution in [2.75, 3.05) is 18.4 Å². The fourth-order valence-corrected chi connectivity index (χ4v) is 0.972. The number of anilines is 1. The Balaban J connectivity index is 2.16. The van der Waals surface area contributed by atoms with Gasteiger partial charge in [0.15, 0.2) is 0 Å². The summed E-state index contributed by atoms with van der Waals surface area (Å²) in [5.41, 5.74) is 6.50. The second-order valence-corrected chi connectivity index (χ2v) is 2.66. The highest BCUT2D eigenvalue weighted by Crippen LogP contribution is 2.02. The Bertz CT molecular complexity index is 198. The van der Waals surface area contributed by atoms with Crippen LogP contribution in [0.5, 0.6) is 0 Å². The molecule has 0 spiro atoms. The zero-order valence-electron chi connectivity index (χ0n) is 7.16. The first kappa shape index (κ1) is 9.00. The SMILES string of the molecule is NCCCCNc1ccncc1. The highest BCUT2D eigenvalue weighted by molar-refractivity contribution is 5.40. The third-order valence-corrected chi connectivity index (χ3v) is 1.64. The van der Waals surface area contributed by atoms with E-state index in [1.165, 1.54) is 0 Å². The van der Waals surface area contributed by atoms with E-state index in [1.54, 1.807) is 12.4 Å². The van der Waals surface area contributed by atoms with E-state index in [9.17, 15) is 0 Å². The molecule has 0 aliphatic carbocycles. The van der Waals surface area contributed by atoms with E-state index in [1.807, 2.05) is 12.1 Å². The molecule has 1 aromatic heterocycles. The van der Waals surface area contributed by atoms with Crippen LogP contribution in [0.3, 0.4) is 0 Å². The number of nitrogens with zero attached hydrogens (tertiary/aromatic N) is 1. The summed E-state index contributed by atoms with van der Waals surface area (Å²) >= 11 is 0. The van der Waals surface area contributed by atoms with E-state index >= 15 is 0 Å². The number of nitrogens with two attached hydrogens (primary N) is 1. The van der Waals surface area contributed by atoms with Crippen molar-refractivity contribution in [1.29, 1.82) is 0 Å². The standard InChI is InChI=1S/C9H15N3/c10-5-1-2-6-12-9-3-7-11-8-4-9/h3-4,7-8H,1-2,5-6,10H2,(H,11,12). The summed E-state index contributed by atoms with van der Waals surface area (Å²) in [6.45, 7) is 1.76. The maximum absolute atomic E-state index is 5.37. The molecule has 0 atom stereocenters. The van der Waals surface area contributed by atoms with Crippen LogP contribution in [-0.2, 0) is 0 Å². The maximum Gasteiger partial charge on any atom is 0.0371 e. The van der Waals surface area contributed by atoms with Crippen LogP contribution in [0.1, 0.15) is 12.8 Å². The van der Waals surface area contributed by atoms with Crippen LogP contribution in [0.4, 0.5) is 5.69 Å². The van der Waals surface area contributed by atoms with Gasteiger partial charge in [-0.15, -0.1) is 0 Å². The first-order valence-electron chi connectivity index (χ1n) is 4.27. The van der Waals surface area contributed by atoms with Gasteiger partial charge >= 0.3 is 0 Å². The average Bonchev–Trinajstić information content (AvgIpc) is 2.14. The molecule has 1 aromatic rings. The summed E-state index contributed by atoms with van der Waals surface area (Å²) in [7, 11) is 0. The molecule has 0 unspecified atom stereocenters. The maximum atomic E-state index is 5.37. The van der Waals surface area contributed by atoms with Crippen molar-refractivity contribution in [2.24, 2.45) is 5.73 Å². The fraction of sp³-hybridized carbons (Fsp3) is 0.444. The smallest absolute Gasteiger partial charge is 0.0371 e. The lowest BCUT2D eigenvalue weighted by Crippen LogP contribution is -2.05. The molecule has 1 rings (SSSR count). The minimum absolute atomic E-state index is 0.776. The third kappa shape index (κ3) is 3.34. The number of rotatable bonds is 5. The predicted octanol–water partition coefficient (Wildman–Crippen LogP) is 1.23. The molecule has 0 aliphatic rings. The van der Waals surface area contributed by atoms with Crippen molar-refractivity contribution in [3.8, 4) is 0 Å². The lowest BCUT2D eigenvalue weighted by atomic mass is 10.3. The van der Waals surface area contributed by atoms with Crippen LogP contribution in [-0.4, -0.2) is 18.1 Å². The normalized spacial score (nSPS) is 9.75. The van der Waals surface area contributed by atoms with Crippen LogP contribution >= 0.6 is 0 Å². The van der Waals surface area contributed by atoms with Gasteiger partial charge in [-0.1, -0.05) is 0 Å². The molecule has 0 bridgehead atoms. The quantitative estimate of drug-likeness (QED) is 0.645. The Morgan fingerprint density at radius 3 is 2.67 bits per heavy atom. The molecular formula is C9H15N3. The molecule has 0 saturated heterocycles. The first-order chi connectivity index (χ1) is 5.93. The lowest BCUT2D eigenvalue weighted by Gasteiger charge is -2.03. The van der Waals surface area contributed by atoms with E-state index in [2.05, 4.69) is 10.3 Å². The minimum Gasteiger partial charge on any atom is -0.385 e. The second-order valence-electron chi connectivity index (χ2n) is 2.66. The van der Waals surface area contributed by atoms with Crippen LogP contribution in [0, 0.1) is 0 Å². The third-order valence-electron chi connectivity index (χ3n) is 1.64. The summed E-state index contributed by atoms with van der Waals surface area (Å²) in [4.78, 5) is 3.93. The van der Waals surface area contributed by atoms with Gasteiger partial charge in [0.25, 0.3) is 0 Å². The lowest BCUT2D eigenvalue weighted by molar-refractivity contribution is 0.774. The zero-order chi connectivity index (χ0) is 8.65. The molecule has 0 radical (unpaired) electrons. The number of hydrogen-bond acceptors (Lipinski definition) is 3. The largest absolute Gasteiger partial charge is 0.385 e. The van der Waals surface area contributed by atoms with E-state index in [0.29, 0.717) is 0 Å². The number of pyridine rings is 1. The summed E-state index contributed by atoms with van der Waals surface area (Å²) in [5.74, 6) is 0. The van der Waals surface area contributed by atoms with E-state index in [-0.39, 0.29) is 0 Å². The van der Waals surface area contributed by atoms with Crippen LogP contribution in [0.15, 0.2) is 24.5 Å². The van der Waals surface area contributed by atoms with Gasteiger partial charge in [0.2, 0.25) is 0 Å². The van der Waals surface area contributed by atoms with Crippen molar-refractivity contribution in [1.82, 2.24) is 4.98 Å². The molecule has 0 fully saturated rings. The Labute approximate surface area is 73.0 Å². The van der Waals surface area contributed by atoms with Crippen molar-refractivity contribution in [3.05, 3.63) is 24.5 Å². The Kier molecular flexibility index (Phi) is 4.16. The summed E-state index contributed by atoms with van der Waals surface area (Å²) in [6, 6.07) is 3.92.